The number of fused-ring (bicyclic) bond motifs is 6. The van der Waals surface area contributed by atoms with E-state index in [-0.39, 0.29) is 0 Å². The van der Waals surface area contributed by atoms with E-state index in [9.17, 15) is 0 Å². The second-order valence-corrected chi connectivity index (χ2v) is 14.2. The predicted molar refractivity (Wildman–Crippen MR) is 231 cm³/mol. The SMILES string of the molecule is c1ccc(-c2ccc(-c3cc(-c4ccc(-c5ccccc5)cc4)nc(-n4c5ccccc5c5cc(-c6ccc7oc8ccccc8c7c6)ccc54)n3)cc2)cc1. The Labute approximate surface area is 323 Å². The van der Waals surface area contributed by atoms with Gasteiger partial charge in [0.05, 0.1) is 22.4 Å². The summed E-state index contributed by atoms with van der Waals surface area (Å²) < 4.78 is 8.35. The highest BCUT2D eigenvalue weighted by atomic mass is 16.3. The first-order valence-electron chi connectivity index (χ1n) is 18.9. The molecule has 0 atom stereocenters. The van der Waals surface area contributed by atoms with Gasteiger partial charge in [0, 0.05) is 32.7 Å². The van der Waals surface area contributed by atoms with Crippen LogP contribution in [-0.2, 0) is 0 Å². The van der Waals surface area contributed by atoms with Crippen LogP contribution in [0, 0.1) is 0 Å². The van der Waals surface area contributed by atoms with Crippen molar-refractivity contribution in [2.45, 2.75) is 0 Å². The molecule has 0 aliphatic heterocycles. The molecule has 4 heteroatoms. The molecule has 0 N–H and O–H groups in total. The Morgan fingerprint density at radius 1 is 0.304 bits per heavy atom. The van der Waals surface area contributed by atoms with Gasteiger partial charge in [-0.1, -0.05) is 158 Å². The lowest BCUT2D eigenvalue weighted by molar-refractivity contribution is 0.669. The van der Waals surface area contributed by atoms with Crippen molar-refractivity contribution in [3.63, 3.8) is 0 Å². The van der Waals surface area contributed by atoms with E-state index in [4.69, 9.17) is 14.4 Å². The Hall–Kier alpha value is -7.56. The predicted octanol–water partition coefficient (Wildman–Crippen LogP) is 13.8. The fraction of sp³-hybridized carbons (Fsp3) is 0. The van der Waals surface area contributed by atoms with Crippen LogP contribution in [0.15, 0.2) is 205 Å². The van der Waals surface area contributed by atoms with Gasteiger partial charge in [-0.05, 0) is 75.8 Å². The van der Waals surface area contributed by atoms with Gasteiger partial charge in [0.25, 0.3) is 0 Å². The zero-order valence-corrected chi connectivity index (χ0v) is 30.3. The summed E-state index contributed by atoms with van der Waals surface area (Å²) in [5.41, 5.74) is 14.7. The molecule has 0 unspecified atom stereocenters. The normalized spacial score (nSPS) is 11.6. The Balaban J connectivity index is 1.07. The quantitative estimate of drug-likeness (QED) is 0.172. The molecule has 4 nitrogen and oxygen atoms in total. The van der Waals surface area contributed by atoms with E-state index in [2.05, 4.69) is 180 Å². The van der Waals surface area contributed by atoms with Crippen LogP contribution < -0.4 is 0 Å². The number of aromatic nitrogens is 3. The molecule has 262 valence electrons. The van der Waals surface area contributed by atoms with Crippen LogP contribution in [0.4, 0.5) is 0 Å². The second kappa shape index (κ2) is 13.1. The van der Waals surface area contributed by atoms with Crippen molar-refractivity contribution < 1.29 is 4.42 Å². The Morgan fingerprint density at radius 3 is 1.39 bits per heavy atom. The summed E-state index contributed by atoms with van der Waals surface area (Å²) in [6, 6.07) is 70.4. The monoisotopic (exact) mass is 715 g/mol. The summed E-state index contributed by atoms with van der Waals surface area (Å²) in [7, 11) is 0. The number of benzene rings is 8. The van der Waals surface area contributed by atoms with Crippen LogP contribution in [0.25, 0.3) is 106 Å². The number of furan rings is 1. The fourth-order valence-corrected chi connectivity index (χ4v) is 8.03. The highest BCUT2D eigenvalue weighted by Crippen LogP contribution is 2.38. The molecule has 11 rings (SSSR count). The molecule has 0 saturated heterocycles. The zero-order valence-electron chi connectivity index (χ0n) is 30.3. The van der Waals surface area contributed by atoms with E-state index in [1.807, 2.05) is 24.3 Å². The molecule has 3 aromatic heterocycles. The third-order valence-corrected chi connectivity index (χ3v) is 10.9. The molecule has 11 aromatic rings. The highest BCUT2D eigenvalue weighted by molar-refractivity contribution is 6.11. The van der Waals surface area contributed by atoms with Crippen LogP contribution in [0.3, 0.4) is 0 Å². The summed E-state index contributed by atoms with van der Waals surface area (Å²) in [6.45, 7) is 0. The van der Waals surface area contributed by atoms with E-state index in [1.54, 1.807) is 0 Å². The van der Waals surface area contributed by atoms with Crippen LogP contribution in [0.2, 0.25) is 0 Å². The topological polar surface area (TPSA) is 43.9 Å². The van der Waals surface area contributed by atoms with Gasteiger partial charge >= 0.3 is 0 Å². The minimum atomic E-state index is 0.627. The molecule has 3 heterocycles. The van der Waals surface area contributed by atoms with Gasteiger partial charge in [-0.25, -0.2) is 9.97 Å². The summed E-state index contributed by atoms with van der Waals surface area (Å²) in [4.78, 5) is 10.6. The van der Waals surface area contributed by atoms with E-state index in [1.165, 1.54) is 22.3 Å². The van der Waals surface area contributed by atoms with E-state index >= 15 is 0 Å². The summed E-state index contributed by atoms with van der Waals surface area (Å²) >= 11 is 0. The van der Waals surface area contributed by atoms with Crippen LogP contribution in [0.1, 0.15) is 0 Å². The molecule has 0 radical (unpaired) electrons. The largest absolute Gasteiger partial charge is 0.456 e. The van der Waals surface area contributed by atoms with Crippen LogP contribution in [0.5, 0.6) is 0 Å². The summed E-state index contributed by atoms with van der Waals surface area (Å²) in [6.07, 6.45) is 0. The van der Waals surface area contributed by atoms with Gasteiger partial charge in [-0.3, -0.25) is 4.57 Å². The van der Waals surface area contributed by atoms with Gasteiger partial charge < -0.3 is 4.42 Å². The number of rotatable bonds is 6. The lowest BCUT2D eigenvalue weighted by atomic mass is 10.0. The van der Waals surface area contributed by atoms with E-state index in [0.29, 0.717) is 5.95 Å². The average molecular weight is 716 g/mol. The number of nitrogens with zero attached hydrogens (tertiary/aromatic N) is 3. The van der Waals surface area contributed by atoms with E-state index < -0.39 is 0 Å². The van der Waals surface area contributed by atoms with Crippen molar-refractivity contribution >= 4 is 43.7 Å². The molecule has 0 saturated carbocycles. The molecule has 0 bridgehead atoms. The summed E-state index contributed by atoms with van der Waals surface area (Å²) in [5, 5.41) is 4.53. The Morgan fingerprint density at radius 2 is 0.750 bits per heavy atom. The highest BCUT2D eigenvalue weighted by Gasteiger charge is 2.18. The second-order valence-electron chi connectivity index (χ2n) is 14.2. The molecule has 0 amide bonds. The fourth-order valence-electron chi connectivity index (χ4n) is 8.03. The molecule has 8 aromatic carbocycles. The molecular weight excluding hydrogens is 683 g/mol. The van der Waals surface area contributed by atoms with Crippen molar-refractivity contribution in [1.82, 2.24) is 14.5 Å². The maximum absolute atomic E-state index is 6.14. The number of para-hydroxylation sites is 2. The minimum Gasteiger partial charge on any atom is -0.456 e. The Kier molecular flexibility index (Phi) is 7.46. The van der Waals surface area contributed by atoms with Gasteiger partial charge in [0.15, 0.2) is 0 Å². The third kappa shape index (κ3) is 5.47. The first kappa shape index (κ1) is 31.9. The van der Waals surface area contributed by atoms with Crippen molar-refractivity contribution in [3.05, 3.63) is 200 Å². The van der Waals surface area contributed by atoms with Gasteiger partial charge in [0.2, 0.25) is 5.95 Å². The molecule has 0 aliphatic rings. The molecule has 0 spiro atoms. The van der Waals surface area contributed by atoms with Crippen molar-refractivity contribution in [2.24, 2.45) is 0 Å². The maximum atomic E-state index is 6.14. The maximum Gasteiger partial charge on any atom is 0.235 e. The minimum absolute atomic E-state index is 0.627. The smallest absolute Gasteiger partial charge is 0.235 e. The average Bonchev–Trinajstić information content (AvgIpc) is 3.82. The first-order valence-corrected chi connectivity index (χ1v) is 18.9. The number of hydrogen-bond donors (Lipinski definition) is 0. The van der Waals surface area contributed by atoms with Gasteiger partial charge in [-0.15, -0.1) is 0 Å². The van der Waals surface area contributed by atoms with Crippen LogP contribution >= 0.6 is 0 Å². The van der Waals surface area contributed by atoms with E-state index in [0.717, 1.165) is 77.4 Å². The van der Waals surface area contributed by atoms with Crippen molar-refractivity contribution in [3.8, 4) is 61.8 Å². The first-order chi connectivity index (χ1) is 27.7. The number of hydrogen-bond acceptors (Lipinski definition) is 3. The lowest BCUT2D eigenvalue weighted by Gasteiger charge is -2.13. The zero-order chi connectivity index (χ0) is 37.0. The van der Waals surface area contributed by atoms with Crippen molar-refractivity contribution in [2.75, 3.05) is 0 Å². The third-order valence-electron chi connectivity index (χ3n) is 10.9. The van der Waals surface area contributed by atoms with Crippen molar-refractivity contribution in [1.29, 1.82) is 0 Å². The molecule has 0 aliphatic carbocycles. The molecule has 56 heavy (non-hydrogen) atoms. The lowest BCUT2D eigenvalue weighted by Crippen LogP contribution is -2.04. The van der Waals surface area contributed by atoms with Crippen LogP contribution in [-0.4, -0.2) is 14.5 Å². The summed E-state index contributed by atoms with van der Waals surface area (Å²) in [5.74, 6) is 0.627. The standard InChI is InChI=1S/C52H33N3O/c1-3-11-34(12-4-1)36-19-23-38(24-20-36)46-33-47(39-25-21-37(22-26-39)35-13-5-2-6-14-35)54-52(53-46)55-48-17-9-7-15-42(48)44-31-40(27-29-49(44)55)41-28-30-51-45(32-41)43-16-8-10-18-50(43)56-51/h1-33H. The van der Waals surface area contributed by atoms with Gasteiger partial charge in [0.1, 0.15) is 11.2 Å². The molecular formula is C52H33N3O. The molecule has 0 fully saturated rings. The van der Waals surface area contributed by atoms with Gasteiger partial charge in [-0.2, -0.15) is 0 Å². The Bertz CT molecular complexity index is 3110.